The zero-order valence-corrected chi connectivity index (χ0v) is 13.9. The van der Waals surface area contributed by atoms with Crippen LogP contribution in [0.5, 0.6) is 0 Å². The Morgan fingerprint density at radius 2 is 1.60 bits per heavy atom. The van der Waals surface area contributed by atoms with Gasteiger partial charge in [0.15, 0.2) is 0 Å². The summed E-state index contributed by atoms with van der Waals surface area (Å²) >= 11 is 0. The van der Waals surface area contributed by atoms with Gasteiger partial charge in [-0.25, -0.2) is 0 Å². The predicted octanol–water partition coefficient (Wildman–Crippen LogP) is 2.95. The molecule has 1 N–H and O–H groups in total. The standard InChI is InChI=1S/C20H20N2O3/c23-18(21-17-11-5-7-13-6-1-2-8-14(13)17)12-22-19(24)15-9-3-4-10-16(15)20(22)25/h1-2,5-8,11,15-16H,3-4,9-10,12H2,(H,21,23). The van der Waals surface area contributed by atoms with E-state index in [4.69, 9.17) is 0 Å². The molecule has 0 spiro atoms. The molecule has 2 fully saturated rings. The van der Waals surface area contributed by atoms with Crippen LogP contribution in [0.15, 0.2) is 42.5 Å². The number of anilines is 1. The highest BCUT2D eigenvalue weighted by Gasteiger charge is 2.48. The van der Waals surface area contributed by atoms with Crippen molar-refractivity contribution < 1.29 is 14.4 Å². The Balaban J connectivity index is 1.50. The Hall–Kier alpha value is -2.69. The van der Waals surface area contributed by atoms with E-state index < -0.39 is 0 Å². The fourth-order valence-electron chi connectivity index (χ4n) is 4.05. The SMILES string of the molecule is O=C(CN1C(=O)C2CCCCC2C1=O)Nc1cccc2ccccc12. The summed E-state index contributed by atoms with van der Waals surface area (Å²) in [6.07, 6.45) is 3.49. The molecule has 0 bridgehead atoms. The average Bonchev–Trinajstić information content (AvgIpc) is 2.87. The Bertz CT molecular complexity index is 832. The summed E-state index contributed by atoms with van der Waals surface area (Å²) < 4.78 is 0. The van der Waals surface area contributed by atoms with E-state index in [1.165, 1.54) is 0 Å². The van der Waals surface area contributed by atoms with Crippen molar-refractivity contribution in [2.45, 2.75) is 25.7 Å². The number of rotatable bonds is 3. The van der Waals surface area contributed by atoms with Gasteiger partial charge < -0.3 is 5.32 Å². The van der Waals surface area contributed by atoms with Gasteiger partial charge in [0.25, 0.3) is 0 Å². The zero-order valence-electron chi connectivity index (χ0n) is 13.9. The molecule has 2 atom stereocenters. The molecule has 2 aromatic rings. The monoisotopic (exact) mass is 336 g/mol. The van der Waals surface area contributed by atoms with Crippen molar-refractivity contribution in [3.05, 3.63) is 42.5 Å². The summed E-state index contributed by atoms with van der Waals surface area (Å²) in [7, 11) is 0. The van der Waals surface area contributed by atoms with Crippen molar-refractivity contribution in [2.75, 3.05) is 11.9 Å². The molecule has 1 saturated heterocycles. The lowest BCUT2D eigenvalue weighted by Gasteiger charge is -2.19. The molecule has 128 valence electrons. The summed E-state index contributed by atoms with van der Waals surface area (Å²) in [6.45, 7) is -0.201. The second-order valence-corrected chi connectivity index (χ2v) is 6.83. The maximum absolute atomic E-state index is 12.5. The molecule has 1 saturated carbocycles. The van der Waals surface area contributed by atoms with Gasteiger partial charge in [0.2, 0.25) is 17.7 Å². The molecule has 0 aromatic heterocycles. The van der Waals surface area contributed by atoms with E-state index in [9.17, 15) is 14.4 Å². The summed E-state index contributed by atoms with van der Waals surface area (Å²) in [6, 6.07) is 13.4. The van der Waals surface area contributed by atoms with Crippen molar-refractivity contribution in [3.8, 4) is 0 Å². The van der Waals surface area contributed by atoms with Gasteiger partial charge in [-0.3, -0.25) is 19.3 Å². The highest BCUT2D eigenvalue weighted by atomic mass is 16.2. The molecule has 3 amide bonds. The fourth-order valence-corrected chi connectivity index (χ4v) is 4.05. The molecule has 5 heteroatoms. The van der Waals surface area contributed by atoms with Gasteiger partial charge in [0, 0.05) is 11.1 Å². The van der Waals surface area contributed by atoms with Crippen LogP contribution in [0.2, 0.25) is 0 Å². The van der Waals surface area contributed by atoms with Gasteiger partial charge in [-0.05, 0) is 24.3 Å². The molecule has 2 aromatic carbocycles. The van der Waals surface area contributed by atoms with Gasteiger partial charge in [0.05, 0.1) is 11.8 Å². The third-order valence-corrected chi connectivity index (χ3v) is 5.30. The van der Waals surface area contributed by atoms with Gasteiger partial charge >= 0.3 is 0 Å². The van der Waals surface area contributed by atoms with Crippen LogP contribution < -0.4 is 5.32 Å². The second kappa shape index (κ2) is 6.31. The van der Waals surface area contributed by atoms with Gasteiger partial charge in [0.1, 0.15) is 6.54 Å². The van der Waals surface area contributed by atoms with E-state index >= 15 is 0 Å². The third-order valence-electron chi connectivity index (χ3n) is 5.30. The Morgan fingerprint density at radius 1 is 0.960 bits per heavy atom. The number of fused-ring (bicyclic) bond motifs is 2. The number of benzene rings is 2. The molecular weight excluding hydrogens is 316 g/mol. The first kappa shape index (κ1) is 15.8. The number of hydrogen-bond donors (Lipinski definition) is 1. The second-order valence-electron chi connectivity index (χ2n) is 6.83. The van der Waals surface area contributed by atoms with Crippen molar-refractivity contribution in [1.29, 1.82) is 0 Å². The molecule has 2 aliphatic rings. The Labute approximate surface area is 146 Å². The van der Waals surface area contributed by atoms with E-state index in [1.807, 2.05) is 42.5 Å². The van der Waals surface area contributed by atoms with Crippen LogP contribution >= 0.6 is 0 Å². The molecule has 1 aliphatic carbocycles. The first-order chi connectivity index (χ1) is 12.1. The minimum Gasteiger partial charge on any atom is -0.324 e. The van der Waals surface area contributed by atoms with Gasteiger partial charge in [-0.15, -0.1) is 0 Å². The van der Waals surface area contributed by atoms with Crippen LogP contribution in [0.3, 0.4) is 0 Å². The molecule has 0 radical (unpaired) electrons. The number of imide groups is 1. The maximum atomic E-state index is 12.5. The number of amides is 3. The van der Waals surface area contributed by atoms with Gasteiger partial charge in [-0.1, -0.05) is 49.2 Å². The van der Waals surface area contributed by atoms with Crippen molar-refractivity contribution in [2.24, 2.45) is 11.8 Å². The lowest BCUT2D eigenvalue weighted by atomic mass is 9.81. The fraction of sp³-hybridized carbons (Fsp3) is 0.350. The molecule has 5 nitrogen and oxygen atoms in total. The summed E-state index contributed by atoms with van der Waals surface area (Å²) in [4.78, 5) is 38.6. The molecule has 4 rings (SSSR count). The van der Waals surface area contributed by atoms with E-state index in [2.05, 4.69) is 5.32 Å². The van der Waals surface area contributed by atoms with Crippen LogP contribution in [-0.4, -0.2) is 29.2 Å². The largest absolute Gasteiger partial charge is 0.324 e. The van der Waals surface area contributed by atoms with E-state index in [1.54, 1.807) is 0 Å². The van der Waals surface area contributed by atoms with Crippen LogP contribution in [0.25, 0.3) is 10.8 Å². The topological polar surface area (TPSA) is 66.5 Å². The van der Waals surface area contributed by atoms with E-state index in [0.717, 1.165) is 41.4 Å². The lowest BCUT2D eigenvalue weighted by Crippen LogP contribution is -2.38. The smallest absolute Gasteiger partial charge is 0.244 e. The quantitative estimate of drug-likeness (QED) is 0.876. The first-order valence-electron chi connectivity index (χ1n) is 8.78. The molecule has 25 heavy (non-hydrogen) atoms. The number of hydrogen-bond acceptors (Lipinski definition) is 3. The average molecular weight is 336 g/mol. The third kappa shape index (κ3) is 2.80. The number of likely N-dealkylation sites (tertiary alicyclic amines) is 1. The molecule has 2 unspecified atom stereocenters. The highest BCUT2D eigenvalue weighted by Crippen LogP contribution is 2.37. The highest BCUT2D eigenvalue weighted by molar-refractivity contribution is 6.10. The number of nitrogens with zero attached hydrogens (tertiary/aromatic N) is 1. The summed E-state index contributed by atoms with van der Waals surface area (Å²) in [5.74, 6) is -1.12. The summed E-state index contributed by atoms with van der Waals surface area (Å²) in [5, 5.41) is 4.81. The van der Waals surface area contributed by atoms with Crippen molar-refractivity contribution in [3.63, 3.8) is 0 Å². The Morgan fingerprint density at radius 3 is 2.32 bits per heavy atom. The maximum Gasteiger partial charge on any atom is 0.244 e. The van der Waals surface area contributed by atoms with Crippen molar-refractivity contribution in [1.82, 2.24) is 4.90 Å². The predicted molar refractivity (Wildman–Crippen MR) is 94.7 cm³/mol. The number of nitrogens with one attached hydrogen (secondary N) is 1. The minimum atomic E-state index is -0.336. The van der Waals surface area contributed by atoms with E-state index in [0.29, 0.717) is 5.69 Å². The molecular formula is C20H20N2O3. The minimum absolute atomic E-state index is 0.178. The van der Waals surface area contributed by atoms with E-state index in [-0.39, 0.29) is 36.1 Å². The summed E-state index contributed by atoms with van der Waals surface area (Å²) in [5.41, 5.74) is 0.694. The number of carbonyl (C=O) groups excluding carboxylic acids is 3. The first-order valence-corrected chi connectivity index (χ1v) is 8.78. The van der Waals surface area contributed by atoms with Gasteiger partial charge in [-0.2, -0.15) is 0 Å². The normalized spacial score (nSPS) is 23.0. The molecule has 1 aliphatic heterocycles. The van der Waals surface area contributed by atoms with Crippen LogP contribution in [-0.2, 0) is 14.4 Å². The molecule has 1 heterocycles. The lowest BCUT2D eigenvalue weighted by molar-refractivity contribution is -0.142. The van der Waals surface area contributed by atoms with Crippen molar-refractivity contribution >= 4 is 34.2 Å². The van der Waals surface area contributed by atoms with Crippen LogP contribution in [0.1, 0.15) is 25.7 Å². The Kier molecular flexibility index (Phi) is 3.99. The van der Waals surface area contributed by atoms with Crippen LogP contribution in [0.4, 0.5) is 5.69 Å². The van der Waals surface area contributed by atoms with Crippen LogP contribution in [0, 0.1) is 11.8 Å². The number of carbonyl (C=O) groups is 3. The zero-order chi connectivity index (χ0) is 17.4.